The van der Waals surface area contributed by atoms with Crippen LogP contribution in [-0.4, -0.2) is 27.3 Å². The Morgan fingerprint density at radius 1 is 1.17 bits per heavy atom. The van der Waals surface area contributed by atoms with E-state index in [-0.39, 0.29) is 0 Å². The molecule has 0 radical (unpaired) electrons. The summed E-state index contributed by atoms with van der Waals surface area (Å²) in [5.74, 6) is 0. The van der Waals surface area contributed by atoms with Crippen LogP contribution in [-0.2, 0) is 6.67 Å². The molecule has 0 unspecified atom stereocenters. The van der Waals surface area contributed by atoms with Gasteiger partial charge >= 0.3 is 0 Å². The van der Waals surface area contributed by atoms with E-state index in [1.54, 1.807) is 16.0 Å². The Morgan fingerprint density at radius 2 is 1.87 bits per heavy atom. The molecule has 0 spiro atoms. The lowest BCUT2D eigenvalue weighted by atomic mass is 10.3. The monoisotopic (exact) mass is 343 g/mol. The number of quaternary nitrogens is 1. The fraction of sp³-hybridized carbons (Fsp3) is 0.333. The van der Waals surface area contributed by atoms with Crippen molar-refractivity contribution in [3.8, 4) is 12.1 Å². The number of thiazole rings is 1. The van der Waals surface area contributed by atoms with Gasteiger partial charge in [-0.05, 0) is 24.4 Å². The third-order valence-corrected chi connectivity index (χ3v) is 5.08. The van der Waals surface area contributed by atoms with Crippen molar-refractivity contribution >= 4 is 38.7 Å². The summed E-state index contributed by atoms with van der Waals surface area (Å²) in [4.78, 5) is 2.01. The molecule has 3 aromatic rings. The molecule has 23 heavy (non-hydrogen) atoms. The number of hydrogen-bond acceptors (Lipinski definition) is 5. The zero-order chi connectivity index (χ0) is 16.2. The molecule has 3 rings (SSSR count). The van der Waals surface area contributed by atoms with Crippen LogP contribution in [0.3, 0.4) is 0 Å². The first-order chi connectivity index (χ1) is 11.2. The van der Waals surface area contributed by atoms with Crippen LogP contribution in [0.2, 0.25) is 0 Å². The molecule has 2 heterocycles. The third-order valence-electron chi connectivity index (χ3n) is 3.67. The molecule has 2 aromatic heterocycles. The first-order valence-corrected chi connectivity index (χ1v) is 8.51. The van der Waals surface area contributed by atoms with E-state index in [0.29, 0.717) is 37.4 Å². The highest BCUT2D eigenvalue weighted by atomic mass is 32.1. The Kier molecular flexibility index (Phi) is 4.68. The molecule has 0 atom stereocenters. The molecule has 116 valence electrons. The number of nitrogens with one attached hydrogen (secondary N) is 1. The first-order valence-electron chi connectivity index (χ1n) is 7.29. The van der Waals surface area contributed by atoms with Gasteiger partial charge < -0.3 is 4.90 Å². The van der Waals surface area contributed by atoms with Gasteiger partial charge in [0.15, 0.2) is 6.67 Å². The highest BCUT2D eigenvalue weighted by Gasteiger charge is 2.15. The summed E-state index contributed by atoms with van der Waals surface area (Å²) in [6.07, 6.45) is 0.915. The highest BCUT2D eigenvalue weighted by molar-refractivity contribution is 7.71. The minimum absolute atomic E-state index is 0.458. The van der Waals surface area contributed by atoms with Crippen LogP contribution >= 0.6 is 23.6 Å². The van der Waals surface area contributed by atoms with Gasteiger partial charge in [-0.3, -0.25) is 4.40 Å². The second-order valence-electron chi connectivity index (χ2n) is 5.19. The minimum Gasteiger partial charge on any atom is -0.315 e. The zero-order valence-electron chi connectivity index (χ0n) is 12.4. The van der Waals surface area contributed by atoms with Crippen molar-refractivity contribution in [1.82, 2.24) is 14.2 Å². The highest BCUT2D eigenvalue weighted by Crippen LogP contribution is 2.25. The fourth-order valence-corrected chi connectivity index (χ4v) is 3.92. The molecule has 0 saturated carbocycles. The molecule has 0 bridgehead atoms. The van der Waals surface area contributed by atoms with E-state index in [1.165, 1.54) is 0 Å². The van der Waals surface area contributed by atoms with Crippen molar-refractivity contribution in [3.63, 3.8) is 0 Å². The van der Waals surface area contributed by atoms with Crippen molar-refractivity contribution in [3.05, 3.63) is 29.0 Å². The quantitative estimate of drug-likeness (QED) is 0.692. The van der Waals surface area contributed by atoms with E-state index in [1.807, 2.05) is 22.6 Å². The second kappa shape index (κ2) is 6.88. The van der Waals surface area contributed by atoms with Crippen LogP contribution in [0.5, 0.6) is 0 Å². The summed E-state index contributed by atoms with van der Waals surface area (Å²) in [7, 11) is 0. The molecular weight excluding hydrogens is 328 g/mol. The summed E-state index contributed by atoms with van der Waals surface area (Å²) in [5, 5.41) is 22.2. The van der Waals surface area contributed by atoms with Gasteiger partial charge in [-0.25, -0.2) is 0 Å². The van der Waals surface area contributed by atoms with Crippen LogP contribution in [0.1, 0.15) is 12.8 Å². The molecule has 0 fully saturated rings. The second-order valence-corrected chi connectivity index (χ2v) is 6.57. The van der Waals surface area contributed by atoms with E-state index in [9.17, 15) is 0 Å². The number of nitriles is 2. The van der Waals surface area contributed by atoms with Crippen LogP contribution in [0, 0.1) is 27.4 Å². The van der Waals surface area contributed by atoms with Crippen molar-refractivity contribution in [2.75, 3.05) is 13.1 Å². The van der Waals surface area contributed by atoms with Crippen LogP contribution < -0.4 is 4.90 Å². The molecule has 0 aliphatic rings. The standard InChI is InChI=1S/C15H14N6S2/c16-7-3-9-19(10-4-8-17)11-20-15(22)21-12-5-1-2-6-13(12)23-14(21)18-20/h1-2,5-6H,3-4,9-11H2/p+1. The predicted octanol–water partition coefficient (Wildman–Crippen LogP) is 1.75. The lowest BCUT2D eigenvalue weighted by molar-refractivity contribution is -0.922. The SMILES string of the molecule is N#CCC[NH+](CCC#N)Cn1nc2sc3ccccc3n2c1=S. The summed E-state index contributed by atoms with van der Waals surface area (Å²) in [6, 6.07) is 12.4. The summed E-state index contributed by atoms with van der Waals surface area (Å²) in [5.41, 5.74) is 1.07. The summed E-state index contributed by atoms with van der Waals surface area (Å²) >= 11 is 7.19. The first kappa shape index (κ1) is 15.6. The van der Waals surface area contributed by atoms with Gasteiger partial charge in [0.05, 0.1) is 48.3 Å². The van der Waals surface area contributed by atoms with Crippen molar-refractivity contribution < 1.29 is 4.90 Å². The van der Waals surface area contributed by atoms with Crippen LogP contribution in [0.15, 0.2) is 24.3 Å². The predicted molar refractivity (Wildman–Crippen MR) is 90.6 cm³/mol. The molecule has 8 heteroatoms. The number of fused-ring (bicyclic) bond motifs is 3. The summed E-state index contributed by atoms with van der Waals surface area (Å²) < 4.78 is 5.61. The molecule has 0 aliphatic heterocycles. The largest absolute Gasteiger partial charge is 0.315 e. The average Bonchev–Trinajstić information content (AvgIpc) is 3.07. The van der Waals surface area contributed by atoms with Gasteiger partial charge in [-0.2, -0.15) is 15.2 Å². The number of nitrogens with zero attached hydrogens (tertiary/aromatic N) is 5. The number of hydrogen-bond donors (Lipinski definition) is 1. The lowest BCUT2D eigenvalue weighted by Gasteiger charge is -2.16. The minimum atomic E-state index is 0.458. The number of para-hydroxylation sites is 1. The zero-order valence-corrected chi connectivity index (χ0v) is 14.0. The maximum absolute atomic E-state index is 8.79. The van der Waals surface area contributed by atoms with E-state index in [2.05, 4.69) is 23.3 Å². The smallest absolute Gasteiger partial charge is 0.216 e. The molecule has 1 aromatic carbocycles. The topological polar surface area (TPSA) is 74.2 Å². The Balaban J connectivity index is 1.93. The number of rotatable bonds is 6. The van der Waals surface area contributed by atoms with Gasteiger partial charge in [0.1, 0.15) is 0 Å². The summed E-state index contributed by atoms with van der Waals surface area (Å²) in [6.45, 7) is 1.95. The molecular formula is C15H15N6S2+. The van der Waals surface area contributed by atoms with E-state index >= 15 is 0 Å². The van der Waals surface area contributed by atoms with Crippen LogP contribution in [0.25, 0.3) is 15.2 Å². The number of benzene rings is 1. The molecule has 0 saturated heterocycles. The maximum atomic E-state index is 8.79. The van der Waals surface area contributed by atoms with Gasteiger partial charge in [-0.1, -0.05) is 23.5 Å². The number of aromatic nitrogens is 3. The Labute approximate surface area is 142 Å². The van der Waals surface area contributed by atoms with Gasteiger partial charge in [0.25, 0.3) is 0 Å². The van der Waals surface area contributed by atoms with Crippen molar-refractivity contribution in [2.24, 2.45) is 0 Å². The Hall–Kier alpha value is -2.26. The van der Waals surface area contributed by atoms with Crippen molar-refractivity contribution in [2.45, 2.75) is 19.5 Å². The van der Waals surface area contributed by atoms with E-state index < -0.39 is 0 Å². The lowest BCUT2D eigenvalue weighted by Crippen LogP contribution is -3.11. The van der Waals surface area contributed by atoms with Gasteiger partial charge in [0.2, 0.25) is 9.73 Å². The third kappa shape index (κ3) is 3.10. The molecule has 0 aliphatic carbocycles. The van der Waals surface area contributed by atoms with E-state index in [4.69, 9.17) is 22.7 Å². The molecule has 0 amide bonds. The fourth-order valence-electron chi connectivity index (χ4n) is 2.55. The maximum Gasteiger partial charge on any atom is 0.216 e. The Morgan fingerprint density at radius 3 is 2.57 bits per heavy atom. The molecule has 1 N–H and O–H groups in total. The van der Waals surface area contributed by atoms with Gasteiger partial charge in [-0.15, -0.1) is 5.10 Å². The Bertz CT molecular complexity index is 950. The van der Waals surface area contributed by atoms with Crippen molar-refractivity contribution in [1.29, 1.82) is 10.5 Å². The average molecular weight is 343 g/mol. The van der Waals surface area contributed by atoms with Gasteiger partial charge in [0, 0.05) is 0 Å². The van der Waals surface area contributed by atoms with E-state index in [0.717, 1.165) is 20.1 Å². The molecule has 6 nitrogen and oxygen atoms in total. The van der Waals surface area contributed by atoms with Crippen LogP contribution in [0.4, 0.5) is 0 Å². The normalized spacial score (nSPS) is 11.1.